The van der Waals surface area contributed by atoms with E-state index < -0.39 is 5.97 Å². The van der Waals surface area contributed by atoms with E-state index in [1.54, 1.807) is 12.1 Å². The molecule has 0 aromatic heterocycles. The second kappa shape index (κ2) is 7.85. The zero-order valence-corrected chi connectivity index (χ0v) is 10.3. The van der Waals surface area contributed by atoms with Crippen molar-refractivity contribution in [3.8, 4) is 0 Å². The average Bonchev–Trinajstić information content (AvgIpc) is 2.38. The molecule has 1 aromatic rings. The summed E-state index contributed by atoms with van der Waals surface area (Å²) in [5.41, 5.74) is 1.41. The third-order valence-corrected chi connectivity index (χ3v) is 2.87. The van der Waals surface area contributed by atoms with Crippen molar-refractivity contribution in [3.05, 3.63) is 35.4 Å². The van der Waals surface area contributed by atoms with Crippen LogP contribution >= 0.6 is 0 Å². The van der Waals surface area contributed by atoms with Crippen molar-refractivity contribution in [1.29, 1.82) is 0 Å². The molecule has 0 bridgehead atoms. The van der Waals surface area contributed by atoms with Crippen molar-refractivity contribution in [3.63, 3.8) is 0 Å². The highest BCUT2D eigenvalue weighted by Crippen LogP contribution is 2.14. The molecule has 0 aliphatic carbocycles. The molecule has 0 saturated heterocycles. The highest BCUT2D eigenvalue weighted by molar-refractivity contribution is 5.90. The van der Waals surface area contributed by atoms with Crippen molar-refractivity contribution in [2.45, 2.75) is 45.4 Å². The smallest absolute Gasteiger partial charge is 0.295 e. The first-order chi connectivity index (χ1) is 8.29. The molecule has 0 aliphatic heterocycles. The Bertz CT molecular complexity index is 347. The average molecular weight is 236 g/mol. The van der Waals surface area contributed by atoms with Gasteiger partial charge in [-0.2, -0.15) is 5.26 Å². The Morgan fingerprint density at radius 2 is 1.88 bits per heavy atom. The number of carbonyl (C=O) groups is 1. The molecule has 94 valence electrons. The third-order valence-electron chi connectivity index (χ3n) is 2.87. The third kappa shape index (κ3) is 4.57. The van der Waals surface area contributed by atoms with E-state index in [1.165, 1.54) is 25.7 Å². The number of benzene rings is 1. The molecule has 3 nitrogen and oxygen atoms in total. The van der Waals surface area contributed by atoms with Crippen LogP contribution in [0.1, 0.15) is 54.9 Å². The van der Waals surface area contributed by atoms with Crippen LogP contribution in [-0.2, 0) is 11.3 Å². The van der Waals surface area contributed by atoms with E-state index in [4.69, 9.17) is 5.26 Å². The van der Waals surface area contributed by atoms with Crippen LogP contribution in [0, 0.1) is 0 Å². The summed E-state index contributed by atoms with van der Waals surface area (Å²) in [6.07, 6.45) is 6.83. The van der Waals surface area contributed by atoms with Crippen molar-refractivity contribution in [2.24, 2.45) is 0 Å². The summed E-state index contributed by atoms with van der Waals surface area (Å²) in [6, 6.07) is 7.26. The quantitative estimate of drug-likeness (QED) is 0.444. The maximum Gasteiger partial charge on any atom is 0.373 e. The fraction of sp³-hybridized carbons (Fsp3) is 0.500. The van der Waals surface area contributed by atoms with Gasteiger partial charge in [0.25, 0.3) is 0 Å². The molecule has 0 spiro atoms. The van der Waals surface area contributed by atoms with Crippen molar-refractivity contribution < 1.29 is 14.9 Å². The lowest BCUT2D eigenvalue weighted by molar-refractivity contribution is -0.182. The highest BCUT2D eigenvalue weighted by Gasteiger charge is 2.11. The molecule has 0 aliphatic rings. The van der Waals surface area contributed by atoms with Gasteiger partial charge < -0.3 is 0 Å². The lowest BCUT2D eigenvalue weighted by Crippen LogP contribution is -2.05. The maximum absolute atomic E-state index is 11.3. The van der Waals surface area contributed by atoms with E-state index in [0.29, 0.717) is 5.56 Å². The van der Waals surface area contributed by atoms with Crippen molar-refractivity contribution in [2.75, 3.05) is 0 Å². The zero-order chi connectivity index (χ0) is 12.5. The van der Waals surface area contributed by atoms with Gasteiger partial charge in [0.05, 0.1) is 5.56 Å². The van der Waals surface area contributed by atoms with Crippen LogP contribution < -0.4 is 0 Å². The molecule has 1 aromatic carbocycles. The Morgan fingerprint density at radius 1 is 1.18 bits per heavy atom. The number of rotatable bonds is 7. The van der Waals surface area contributed by atoms with E-state index in [2.05, 4.69) is 11.8 Å². The van der Waals surface area contributed by atoms with E-state index in [9.17, 15) is 4.79 Å². The molecule has 0 atom stereocenters. The summed E-state index contributed by atoms with van der Waals surface area (Å²) < 4.78 is 0. The number of carbonyl (C=O) groups excluding carboxylic acids is 1. The molecule has 0 amide bonds. The number of unbranched alkanes of at least 4 members (excludes halogenated alkanes) is 4. The Hall–Kier alpha value is -1.35. The van der Waals surface area contributed by atoms with Gasteiger partial charge in [0.15, 0.2) is 0 Å². The predicted molar refractivity (Wildman–Crippen MR) is 66.9 cm³/mol. The number of hydrogen-bond acceptors (Lipinski definition) is 3. The van der Waals surface area contributed by atoms with E-state index in [1.807, 2.05) is 12.1 Å². The van der Waals surface area contributed by atoms with Gasteiger partial charge in [0, 0.05) is 0 Å². The van der Waals surface area contributed by atoms with Gasteiger partial charge in [-0.1, -0.05) is 50.8 Å². The molecule has 0 radical (unpaired) electrons. The van der Waals surface area contributed by atoms with Crippen LogP contribution in [0.4, 0.5) is 0 Å². The fourth-order valence-electron chi connectivity index (χ4n) is 1.91. The van der Waals surface area contributed by atoms with Gasteiger partial charge in [-0.3, -0.25) is 4.89 Å². The maximum atomic E-state index is 11.3. The topological polar surface area (TPSA) is 46.5 Å². The first-order valence-corrected chi connectivity index (χ1v) is 6.23. The highest BCUT2D eigenvalue weighted by atomic mass is 17.1. The van der Waals surface area contributed by atoms with E-state index in [-0.39, 0.29) is 0 Å². The van der Waals surface area contributed by atoms with Crippen molar-refractivity contribution >= 4 is 5.97 Å². The van der Waals surface area contributed by atoms with Gasteiger partial charge in [-0.15, -0.1) is 0 Å². The van der Waals surface area contributed by atoms with Crippen LogP contribution in [0.3, 0.4) is 0 Å². The Kier molecular flexibility index (Phi) is 6.33. The monoisotopic (exact) mass is 236 g/mol. The second-order valence-corrected chi connectivity index (χ2v) is 4.20. The Balaban J connectivity index is 2.49. The SMILES string of the molecule is CCCCCCCc1ccccc1C(=O)OO. The molecule has 17 heavy (non-hydrogen) atoms. The molecule has 3 heteroatoms. The Morgan fingerprint density at radius 3 is 2.59 bits per heavy atom. The van der Waals surface area contributed by atoms with Crippen LogP contribution in [0.2, 0.25) is 0 Å². The molecule has 0 unspecified atom stereocenters. The van der Waals surface area contributed by atoms with Crippen LogP contribution in [-0.4, -0.2) is 11.2 Å². The molecule has 1 N–H and O–H groups in total. The van der Waals surface area contributed by atoms with Gasteiger partial charge in [0.2, 0.25) is 0 Å². The van der Waals surface area contributed by atoms with Crippen LogP contribution in [0.15, 0.2) is 24.3 Å². The Labute approximate surface area is 102 Å². The summed E-state index contributed by atoms with van der Waals surface area (Å²) in [7, 11) is 0. The largest absolute Gasteiger partial charge is 0.373 e. The minimum atomic E-state index is -0.672. The van der Waals surface area contributed by atoms with Gasteiger partial charge in [0.1, 0.15) is 0 Å². The normalized spacial score (nSPS) is 10.2. The van der Waals surface area contributed by atoms with Gasteiger partial charge >= 0.3 is 5.97 Å². The van der Waals surface area contributed by atoms with Gasteiger partial charge in [-0.05, 0) is 24.5 Å². The summed E-state index contributed by atoms with van der Waals surface area (Å²) >= 11 is 0. The van der Waals surface area contributed by atoms with Crippen LogP contribution in [0.5, 0.6) is 0 Å². The van der Waals surface area contributed by atoms with E-state index in [0.717, 1.165) is 18.4 Å². The molecule has 0 saturated carbocycles. The molecule has 0 heterocycles. The predicted octanol–water partition coefficient (Wildman–Crippen LogP) is 3.83. The molecule has 0 fully saturated rings. The molecular weight excluding hydrogens is 216 g/mol. The summed E-state index contributed by atoms with van der Waals surface area (Å²) in [6.45, 7) is 2.19. The molecule has 1 rings (SSSR count). The summed E-state index contributed by atoms with van der Waals surface area (Å²) in [4.78, 5) is 15.1. The number of hydrogen-bond donors (Lipinski definition) is 1. The zero-order valence-electron chi connectivity index (χ0n) is 10.3. The second-order valence-electron chi connectivity index (χ2n) is 4.20. The van der Waals surface area contributed by atoms with Crippen LogP contribution in [0.25, 0.3) is 0 Å². The van der Waals surface area contributed by atoms with Gasteiger partial charge in [-0.25, -0.2) is 4.79 Å². The minimum absolute atomic E-state index is 0.463. The summed E-state index contributed by atoms with van der Waals surface area (Å²) in [5.74, 6) is -0.672. The standard InChI is InChI=1S/C14H20O3/c1-2-3-4-5-6-9-12-10-7-8-11-13(12)14(15)17-16/h7-8,10-11,16H,2-6,9H2,1H3. The summed E-state index contributed by atoms with van der Waals surface area (Å²) in [5, 5.41) is 8.40. The van der Waals surface area contributed by atoms with Crippen molar-refractivity contribution in [1.82, 2.24) is 0 Å². The minimum Gasteiger partial charge on any atom is -0.295 e. The first kappa shape index (κ1) is 13.7. The van der Waals surface area contributed by atoms with E-state index >= 15 is 0 Å². The lowest BCUT2D eigenvalue weighted by atomic mass is 10.0. The fourth-order valence-corrected chi connectivity index (χ4v) is 1.91. The number of aryl methyl sites for hydroxylation is 1. The first-order valence-electron chi connectivity index (χ1n) is 6.23. The molecular formula is C14H20O3. The lowest BCUT2D eigenvalue weighted by Gasteiger charge is -2.06.